The molecule has 6 nitrogen and oxygen atoms in total. The maximum absolute atomic E-state index is 12.2. The van der Waals surface area contributed by atoms with Gasteiger partial charge in [0.05, 0.1) is 12.1 Å². The van der Waals surface area contributed by atoms with Crippen LogP contribution >= 0.6 is 24.0 Å². The van der Waals surface area contributed by atoms with Crippen LogP contribution in [0.3, 0.4) is 0 Å². The first-order valence-corrected chi connectivity index (χ1v) is 8.14. The van der Waals surface area contributed by atoms with Crippen LogP contribution in [-0.4, -0.2) is 28.6 Å². The first-order valence-electron chi connectivity index (χ1n) is 7.77. The maximum atomic E-state index is 12.2. The molecule has 2 unspecified atom stereocenters. The van der Waals surface area contributed by atoms with E-state index in [4.69, 9.17) is 16.1 Å². The van der Waals surface area contributed by atoms with Gasteiger partial charge >= 0.3 is 0 Å². The molecule has 2 atom stereocenters. The molecule has 2 heterocycles. The molecule has 3 rings (SSSR count). The molecule has 0 radical (unpaired) electrons. The highest BCUT2D eigenvalue weighted by molar-refractivity contribution is 6.30. The summed E-state index contributed by atoms with van der Waals surface area (Å²) >= 11 is 5.87. The van der Waals surface area contributed by atoms with Gasteiger partial charge in [-0.05, 0) is 50.6 Å². The van der Waals surface area contributed by atoms with E-state index in [0.29, 0.717) is 16.7 Å². The minimum atomic E-state index is -0.309. The highest BCUT2D eigenvalue weighted by atomic mass is 35.5. The fourth-order valence-electron chi connectivity index (χ4n) is 2.57. The number of rotatable bonds is 4. The standard InChI is InChI=1S/C16H19ClN4O2.ClH/c1-10(19-15(22)13-4-2-3-9-18-13)14-20-16(23-21-14)11-5-7-12(17)8-6-11;/h5-8,10,13,18H,2-4,9H2,1H3,(H,19,22);1H. The summed E-state index contributed by atoms with van der Waals surface area (Å²) in [7, 11) is 0. The van der Waals surface area contributed by atoms with Gasteiger partial charge < -0.3 is 15.2 Å². The third-order valence-corrected chi connectivity index (χ3v) is 4.16. The predicted molar refractivity (Wildman–Crippen MR) is 94.2 cm³/mol. The van der Waals surface area contributed by atoms with Gasteiger partial charge in [0.25, 0.3) is 5.89 Å². The average Bonchev–Trinajstić information content (AvgIpc) is 3.06. The zero-order chi connectivity index (χ0) is 16.2. The van der Waals surface area contributed by atoms with Crippen molar-refractivity contribution < 1.29 is 9.32 Å². The molecule has 0 spiro atoms. The molecule has 8 heteroatoms. The van der Waals surface area contributed by atoms with Crippen LogP contribution in [0.1, 0.15) is 38.1 Å². The summed E-state index contributed by atoms with van der Waals surface area (Å²) in [5.74, 6) is 0.850. The van der Waals surface area contributed by atoms with E-state index in [-0.39, 0.29) is 30.4 Å². The number of nitrogens with zero attached hydrogens (tertiary/aromatic N) is 2. The van der Waals surface area contributed by atoms with Gasteiger partial charge in [0.15, 0.2) is 5.82 Å². The fraction of sp³-hybridized carbons (Fsp3) is 0.438. The fourth-order valence-corrected chi connectivity index (χ4v) is 2.70. The van der Waals surface area contributed by atoms with Crippen molar-refractivity contribution in [3.05, 3.63) is 35.1 Å². The molecular weight excluding hydrogens is 351 g/mol. The molecule has 2 N–H and O–H groups in total. The van der Waals surface area contributed by atoms with Gasteiger partial charge in [0.1, 0.15) is 0 Å². The number of aromatic nitrogens is 2. The van der Waals surface area contributed by atoms with E-state index < -0.39 is 0 Å². The Hall–Kier alpha value is -1.63. The van der Waals surface area contributed by atoms with E-state index in [9.17, 15) is 4.79 Å². The van der Waals surface area contributed by atoms with Gasteiger partial charge in [0.2, 0.25) is 5.91 Å². The van der Waals surface area contributed by atoms with Crippen molar-refractivity contribution >= 4 is 29.9 Å². The number of hydrogen-bond acceptors (Lipinski definition) is 5. The quantitative estimate of drug-likeness (QED) is 0.863. The first kappa shape index (κ1) is 18.7. The molecule has 1 saturated heterocycles. The molecule has 1 aromatic carbocycles. The van der Waals surface area contributed by atoms with Crippen molar-refractivity contribution in [2.24, 2.45) is 0 Å². The maximum Gasteiger partial charge on any atom is 0.257 e. The SMILES string of the molecule is CC(NC(=O)C1CCCCN1)c1noc(-c2ccc(Cl)cc2)n1.Cl. The first-order chi connectivity index (χ1) is 11.1. The second-order valence-electron chi connectivity index (χ2n) is 5.70. The Morgan fingerprint density at radius 3 is 2.79 bits per heavy atom. The number of hydrogen-bond donors (Lipinski definition) is 2. The minimum absolute atomic E-state index is 0. The topological polar surface area (TPSA) is 80.0 Å². The van der Waals surface area contributed by atoms with Crippen LogP contribution in [0.25, 0.3) is 11.5 Å². The van der Waals surface area contributed by atoms with Gasteiger partial charge in [-0.1, -0.05) is 23.2 Å². The summed E-state index contributed by atoms with van der Waals surface area (Å²) in [6.07, 6.45) is 3.05. The lowest BCUT2D eigenvalue weighted by molar-refractivity contribution is -0.124. The van der Waals surface area contributed by atoms with Crippen molar-refractivity contribution in [3.63, 3.8) is 0 Å². The van der Waals surface area contributed by atoms with Crippen LogP contribution < -0.4 is 10.6 Å². The van der Waals surface area contributed by atoms with Gasteiger partial charge in [-0.2, -0.15) is 4.98 Å². The van der Waals surface area contributed by atoms with Gasteiger partial charge in [-0.25, -0.2) is 0 Å². The number of carbonyl (C=O) groups is 1. The van der Waals surface area contributed by atoms with Crippen LogP contribution in [-0.2, 0) is 4.79 Å². The molecule has 0 saturated carbocycles. The Labute approximate surface area is 151 Å². The van der Waals surface area contributed by atoms with Crippen LogP contribution in [0.5, 0.6) is 0 Å². The molecule has 1 aliphatic heterocycles. The summed E-state index contributed by atoms with van der Waals surface area (Å²) < 4.78 is 5.27. The van der Waals surface area contributed by atoms with E-state index in [1.165, 1.54) is 0 Å². The molecule has 1 aliphatic rings. The number of halogens is 2. The zero-order valence-corrected chi connectivity index (χ0v) is 14.9. The van der Waals surface area contributed by atoms with E-state index in [1.54, 1.807) is 12.1 Å². The average molecular weight is 371 g/mol. The third kappa shape index (κ3) is 4.47. The lowest BCUT2D eigenvalue weighted by Crippen LogP contribution is -2.47. The third-order valence-electron chi connectivity index (χ3n) is 3.91. The second-order valence-corrected chi connectivity index (χ2v) is 6.13. The Morgan fingerprint density at radius 2 is 2.12 bits per heavy atom. The van der Waals surface area contributed by atoms with Crippen molar-refractivity contribution in [1.82, 2.24) is 20.8 Å². The normalized spacial score (nSPS) is 18.5. The van der Waals surface area contributed by atoms with Crippen LogP contribution in [0.2, 0.25) is 5.02 Å². The summed E-state index contributed by atoms with van der Waals surface area (Å²) in [5.41, 5.74) is 0.792. The Bertz CT molecular complexity index is 669. The summed E-state index contributed by atoms with van der Waals surface area (Å²) in [4.78, 5) is 16.6. The van der Waals surface area contributed by atoms with Crippen molar-refractivity contribution in [3.8, 4) is 11.5 Å². The lowest BCUT2D eigenvalue weighted by atomic mass is 10.0. The second kappa shape index (κ2) is 8.46. The molecule has 1 fully saturated rings. The summed E-state index contributed by atoms with van der Waals surface area (Å²) in [6.45, 7) is 2.73. The summed E-state index contributed by atoms with van der Waals surface area (Å²) in [6, 6.07) is 6.72. The molecule has 24 heavy (non-hydrogen) atoms. The Balaban J connectivity index is 0.00000208. The number of piperidine rings is 1. The van der Waals surface area contributed by atoms with Crippen molar-refractivity contribution in [2.75, 3.05) is 6.54 Å². The number of benzene rings is 1. The van der Waals surface area contributed by atoms with E-state index in [1.807, 2.05) is 19.1 Å². The number of amides is 1. The van der Waals surface area contributed by atoms with E-state index >= 15 is 0 Å². The lowest BCUT2D eigenvalue weighted by Gasteiger charge is -2.23. The van der Waals surface area contributed by atoms with Crippen molar-refractivity contribution in [1.29, 1.82) is 0 Å². The molecule has 2 aromatic rings. The zero-order valence-electron chi connectivity index (χ0n) is 13.3. The van der Waals surface area contributed by atoms with Crippen LogP contribution in [0, 0.1) is 0 Å². The minimum Gasteiger partial charge on any atom is -0.345 e. The van der Waals surface area contributed by atoms with Gasteiger partial charge in [0, 0.05) is 10.6 Å². The Kier molecular flexibility index (Phi) is 6.60. The highest BCUT2D eigenvalue weighted by Crippen LogP contribution is 2.21. The van der Waals surface area contributed by atoms with Crippen LogP contribution in [0.15, 0.2) is 28.8 Å². The monoisotopic (exact) mass is 370 g/mol. The van der Waals surface area contributed by atoms with Crippen molar-refractivity contribution in [2.45, 2.75) is 38.3 Å². The number of nitrogens with one attached hydrogen (secondary N) is 2. The van der Waals surface area contributed by atoms with Crippen LogP contribution in [0.4, 0.5) is 0 Å². The molecule has 1 amide bonds. The molecule has 0 bridgehead atoms. The van der Waals surface area contributed by atoms with E-state index in [0.717, 1.165) is 31.4 Å². The predicted octanol–water partition coefficient (Wildman–Crippen LogP) is 3.13. The smallest absolute Gasteiger partial charge is 0.257 e. The molecular formula is C16H20Cl2N4O2. The molecule has 1 aromatic heterocycles. The van der Waals surface area contributed by atoms with Gasteiger partial charge in [-0.3, -0.25) is 4.79 Å². The van der Waals surface area contributed by atoms with E-state index in [2.05, 4.69) is 20.8 Å². The molecule has 0 aliphatic carbocycles. The van der Waals surface area contributed by atoms with Gasteiger partial charge in [-0.15, -0.1) is 12.4 Å². The largest absolute Gasteiger partial charge is 0.345 e. The Morgan fingerprint density at radius 1 is 1.38 bits per heavy atom. The summed E-state index contributed by atoms with van der Waals surface area (Å²) in [5, 5.41) is 10.8. The molecule has 130 valence electrons. The highest BCUT2D eigenvalue weighted by Gasteiger charge is 2.24. The number of carbonyl (C=O) groups excluding carboxylic acids is 1.